The maximum Gasteiger partial charge on any atom is 0.294 e. The van der Waals surface area contributed by atoms with Crippen LogP contribution in [0.25, 0.3) is 0 Å². The Kier molecular flexibility index (Phi) is 9.15. The van der Waals surface area contributed by atoms with E-state index in [0.29, 0.717) is 36.9 Å². The smallest absolute Gasteiger partial charge is 0.294 e. The minimum atomic E-state index is -1.08. The first-order chi connectivity index (χ1) is 14.9. The lowest BCUT2D eigenvalue weighted by atomic mass is 10.1. The van der Waals surface area contributed by atoms with E-state index in [-0.39, 0.29) is 18.6 Å². The molecule has 4 unspecified atom stereocenters. The zero-order valence-corrected chi connectivity index (χ0v) is 17.0. The summed E-state index contributed by atoms with van der Waals surface area (Å²) in [6, 6.07) is 0. The lowest BCUT2D eigenvalue weighted by Crippen LogP contribution is -2.45. The van der Waals surface area contributed by atoms with E-state index in [2.05, 4.69) is 4.74 Å². The summed E-state index contributed by atoms with van der Waals surface area (Å²) in [6.07, 6.45) is 3.97. The molecule has 0 aromatic heterocycles. The Hall–Kier alpha value is -3.25. The Balaban J connectivity index is 1.92. The first-order valence-corrected chi connectivity index (χ1v) is 9.53. The normalized spacial score (nSPS) is 23.9. The summed E-state index contributed by atoms with van der Waals surface area (Å²) >= 11 is 0. The van der Waals surface area contributed by atoms with Gasteiger partial charge in [-0.15, -0.1) is 0 Å². The minimum Gasteiger partial charge on any atom is -0.462 e. The zero-order valence-electron chi connectivity index (χ0n) is 17.0. The van der Waals surface area contributed by atoms with Crippen LogP contribution in [0.15, 0.2) is 24.1 Å². The molecule has 1 fully saturated rings. The number of hydrogen-bond donors (Lipinski definition) is 1. The summed E-state index contributed by atoms with van der Waals surface area (Å²) in [7, 11) is 1.65. The monoisotopic (exact) mass is 439 g/mol. The molecular weight excluding hydrogens is 414 g/mol. The third kappa shape index (κ3) is 6.89. The van der Waals surface area contributed by atoms with Gasteiger partial charge in [0.2, 0.25) is 18.6 Å². The van der Waals surface area contributed by atoms with Crippen molar-refractivity contribution in [1.82, 2.24) is 9.80 Å². The average Bonchev–Trinajstić information content (AvgIpc) is 3.26. The van der Waals surface area contributed by atoms with Crippen LogP contribution in [-0.4, -0.2) is 79.3 Å². The van der Waals surface area contributed by atoms with Crippen LogP contribution in [0.1, 0.15) is 25.7 Å². The number of amides is 3. The van der Waals surface area contributed by atoms with E-state index in [1.165, 1.54) is 6.20 Å². The molecule has 0 aromatic carbocycles. The van der Waals surface area contributed by atoms with Crippen LogP contribution in [0.4, 0.5) is 0 Å². The van der Waals surface area contributed by atoms with Crippen LogP contribution in [0, 0.1) is 0 Å². The molecule has 0 aromatic rings. The first kappa shape index (κ1) is 24.0. The number of allylic oxidation sites excluding steroid dienone is 2. The molecule has 2 aliphatic heterocycles. The fourth-order valence-electron chi connectivity index (χ4n) is 3.09. The van der Waals surface area contributed by atoms with E-state index < -0.39 is 43.3 Å². The van der Waals surface area contributed by atoms with Crippen LogP contribution in [0.2, 0.25) is 0 Å². The van der Waals surface area contributed by atoms with Gasteiger partial charge in [-0.1, -0.05) is 0 Å². The summed E-state index contributed by atoms with van der Waals surface area (Å²) in [5.74, 6) is -1.27. The van der Waals surface area contributed by atoms with Crippen LogP contribution in [0.5, 0.6) is 0 Å². The van der Waals surface area contributed by atoms with Crippen molar-refractivity contribution in [3.8, 4) is 0 Å². The number of hydrogen-bond acceptors (Lipinski definition) is 10. The molecule has 2 aliphatic rings. The highest BCUT2D eigenvalue weighted by Gasteiger charge is 2.38. The predicted molar refractivity (Wildman–Crippen MR) is 102 cm³/mol. The molecule has 2 rings (SSSR count). The van der Waals surface area contributed by atoms with Crippen molar-refractivity contribution in [2.24, 2.45) is 5.73 Å². The molecule has 0 bridgehead atoms. The SMILES string of the molecule is CN(/C=C\C(=O)N(C=O)COC=O)C1CCC(C(OC2CCC=C(C=O)O2)C(N)=O)O1. The molecule has 2 heterocycles. The van der Waals surface area contributed by atoms with Crippen molar-refractivity contribution in [3.05, 3.63) is 24.1 Å². The highest BCUT2D eigenvalue weighted by molar-refractivity contribution is 5.94. The van der Waals surface area contributed by atoms with Crippen LogP contribution in [0.3, 0.4) is 0 Å². The van der Waals surface area contributed by atoms with E-state index in [1.54, 1.807) is 18.0 Å². The molecule has 12 heteroatoms. The number of carbonyl (C=O) groups excluding carboxylic acids is 5. The van der Waals surface area contributed by atoms with Crippen LogP contribution < -0.4 is 5.73 Å². The molecule has 0 saturated carbocycles. The second-order valence-corrected chi connectivity index (χ2v) is 6.80. The largest absolute Gasteiger partial charge is 0.462 e. The van der Waals surface area contributed by atoms with E-state index in [1.807, 2.05) is 0 Å². The van der Waals surface area contributed by atoms with Gasteiger partial charge in [-0.25, -0.2) is 4.90 Å². The number of imide groups is 1. The van der Waals surface area contributed by atoms with Crippen molar-refractivity contribution in [2.75, 3.05) is 13.8 Å². The Morgan fingerprint density at radius 1 is 1.29 bits per heavy atom. The average molecular weight is 439 g/mol. The number of aldehydes is 1. The van der Waals surface area contributed by atoms with Gasteiger partial charge in [0.05, 0.1) is 6.10 Å². The lowest BCUT2D eigenvalue weighted by Gasteiger charge is -2.29. The van der Waals surface area contributed by atoms with Crippen molar-refractivity contribution in [1.29, 1.82) is 0 Å². The molecule has 170 valence electrons. The van der Waals surface area contributed by atoms with Crippen molar-refractivity contribution in [3.63, 3.8) is 0 Å². The Bertz CT molecular complexity index is 739. The summed E-state index contributed by atoms with van der Waals surface area (Å²) in [4.78, 5) is 58.1. The lowest BCUT2D eigenvalue weighted by molar-refractivity contribution is -0.194. The fraction of sp³-hybridized carbons (Fsp3) is 0.526. The highest BCUT2D eigenvalue weighted by Crippen LogP contribution is 2.28. The topological polar surface area (TPSA) is 155 Å². The van der Waals surface area contributed by atoms with E-state index in [9.17, 15) is 24.0 Å². The number of nitrogens with zero attached hydrogens (tertiary/aromatic N) is 2. The molecule has 1 saturated heterocycles. The molecule has 31 heavy (non-hydrogen) atoms. The Labute approximate surface area is 178 Å². The summed E-state index contributed by atoms with van der Waals surface area (Å²) in [5.41, 5.74) is 5.48. The number of rotatable bonds is 12. The molecule has 2 N–H and O–H groups in total. The van der Waals surface area contributed by atoms with Gasteiger partial charge in [-0.05, 0) is 25.3 Å². The molecule has 0 radical (unpaired) electrons. The molecular formula is C19H25N3O9. The summed E-state index contributed by atoms with van der Waals surface area (Å²) in [5, 5.41) is 0. The summed E-state index contributed by atoms with van der Waals surface area (Å²) < 4.78 is 21.3. The first-order valence-electron chi connectivity index (χ1n) is 9.53. The van der Waals surface area contributed by atoms with Gasteiger partial charge in [-0.3, -0.25) is 24.0 Å². The van der Waals surface area contributed by atoms with E-state index >= 15 is 0 Å². The van der Waals surface area contributed by atoms with Crippen LogP contribution >= 0.6 is 0 Å². The van der Waals surface area contributed by atoms with E-state index in [4.69, 9.17) is 19.9 Å². The maximum absolute atomic E-state index is 12.0. The van der Waals surface area contributed by atoms with Gasteiger partial charge in [0.1, 0.15) is 6.23 Å². The Morgan fingerprint density at radius 2 is 2.06 bits per heavy atom. The van der Waals surface area contributed by atoms with Crippen LogP contribution in [-0.2, 0) is 42.9 Å². The standard InChI is InChI=1S/C19H25N3O9/c1-21(8-7-15(26)22(10-24)11-28-12-25)16-6-5-14(30-16)18(19(20)27)31-17-4-2-3-13(9-23)29-17/h3,7-10,12,14,16-18H,2,4-6,11H2,1H3,(H2,20,27)/b8-7-. The Morgan fingerprint density at radius 3 is 2.71 bits per heavy atom. The van der Waals surface area contributed by atoms with Gasteiger partial charge >= 0.3 is 0 Å². The van der Waals surface area contributed by atoms with E-state index in [0.717, 1.165) is 6.08 Å². The molecule has 4 atom stereocenters. The molecule has 0 aliphatic carbocycles. The maximum atomic E-state index is 12.0. The fourth-order valence-corrected chi connectivity index (χ4v) is 3.09. The second-order valence-electron chi connectivity index (χ2n) is 6.80. The third-order valence-corrected chi connectivity index (χ3v) is 4.68. The molecule has 0 spiro atoms. The zero-order chi connectivity index (χ0) is 22.8. The van der Waals surface area contributed by atoms with Crippen molar-refractivity contribution < 1.29 is 42.9 Å². The predicted octanol–water partition coefficient (Wildman–Crippen LogP) is -0.858. The van der Waals surface area contributed by atoms with Crippen molar-refractivity contribution >= 4 is 31.0 Å². The van der Waals surface area contributed by atoms with Crippen molar-refractivity contribution in [2.45, 2.75) is 50.4 Å². The van der Waals surface area contributed by atoms with Gasteiger partial charge < -0.3 is 29.6 Å². The van der Waals surface area contributed by atoms with Gasteiger partial charge in [0.25, 0.3) is 12.4 Å². The minimum absolute atomic E-state index is 0.123. The van der Waals surface area contributed by atoms with Gasteiger partial charge in [0, 0.05) is 25.7 Å². The number of nitrogens with two attached hydrogens (primary N) is 1. The second kappa shape index (κ2) is 11.8. The molecule has 12 nitrogen and oxygen atoms in total. The number of carbonyl (C=O) groups is 5. The summed E-state index contributed by atoms with van der Waals surface area (Å²) in [6.45, 7) is -0.373. The van der Waals surface area contributed by atoms with Gasteiger partial charge in [0.15, 0.2) is 24.9 Å². The number of primary amides is 1. The van der Waals surface area contributed by atoms with Gasteiger partial charge in [-0.2, -0.15) is 0 Å². The quantitative estimate of drug-likeness (QED) is 0.231. The highest BCUT2D eigenvalue weighted by atomic mass is 16.7. The third-order valence-electron chi connectivity index (χ3n) is 4.68. The molecule has 3 amide bonds. The number of ether oxygens (including phenoxy) is 4.